The maximum atomic E-state index is 12.0. The summed E-state index contributed by atoms with van der Waals surface area (Å²) in [5, 5.41) is 3.00. The molecule has 1 aliphatic rings. The second-order valence-electron chi connectivity index (χ2n) is 5.49. The number of carbonyl (C=O) groups excluding carboxylic acids is 1. The number of hydrogen-bond donors (Lipinski definition) is 2. The molecule has 0 unspecified atom stereocenters. The van der Waals surface area contributed by atoms with Gasteiger partial charge in [0.15, 0.2) is 0 Å². The van der Waals surface area contributed by atoms with Crippen molar-refractivity contribution in [3.8, 4) is 0 Å². The van der Waals surface area contributed by atoms with Gasteiger partial charge in [0.25, 0.3) is 5.91 Å². The summed E-state index contributed by atoms with van der Waals surface area (Å²) in [5.41, 5.74) is 7.05. The molecule has 4 nitrogen and oxygen atoms in total. The van der Waals surface area contributed by atoms with Gasteiger partial charge in [-0.3, -0.25) is 4.79 Å². The number of hydrogen-bond acceptors (Lipinski definition) is 2. The summed E-state index contributed by atoms with van der Waals surface area (Å²) in [6.07, 6.45) is 9.68. The van der Waals surface area contributed by atoms with Crippen LogP contribution < -0.4 is 11.1 Å². The molecule has 0 bridgehead atoms. The van der Waals surface area contributed by atoms with Crippen LogP contribution in [-0.4, -0.2) is 17.0 Å². The van der Waals surface area contributed by atoms with Gasteiger partial charge in [0.05, 0.1) is 5.69 Å². The van der Waals surface area contributed by atoms with Crippen molar-refractivity contribution in [2.24, 2.45) is 5.92 Å². The number of nitrogens with one attached hydrogen (secondary N) is 1. The Hall–Kier alpha value is -1.45. The normalized spacial score (nSPS) is 15.8. The molecular formula is C15H25N3O. The van der Waals surface area contributed by atoms with Gasteiger partial charge in [-0.1, -0.05) is 25.7 Å². The summed E-state index contributed by atoms with van der Waals surface area (Å²) in [7, 11) is 0. The summed E-state index contributed by atoms with van der Waals surface area (Å²) < 4.78 is 1.89. The number of nitrogens with two attached hydrogens (primary N) is 1. The lowest BCUT2D eigenvalue weighted by atomic mass is 10.0. The molecule has 1 fully saturated rings. The molecule has 0 aliphatic heterocycles. The number of rotatable bonds is 6. The highest BCUT2D eigenvalue weighted by atomic mass is 16.1. The zero-order valence-corrected chi connectivity index (χ0v) is 11.8. The molecule has 0 radical (unpaired) electrons. The van der Waals surface area contributed by atoms with E-state index in [4.69, 9.17) is 5.73 Å². The van der Waals surface area contributed by atoms with Gasteiger partial charge >= 0.3 is 0 Å². The summed E-state index contributed by atoms with van der Waals surface area (Å²) in [5.74, 6) is 0.886. The standard InChI is InChI=1S/C15H25N3O/c1-2-18-11-13(16)10-14(18)15(19)17-9-5-8-12-6-3-4-7-12/h10-12H,2-9,16H2,1H3,(H,17,19). The minimum atomic E-state index is -0.00929. The van der Waals surface area contributed by atoms with Crippen molar-refractivity contribution in [1.29, 1.82) is 0 Å². The Morgan fingerprint density at radius 1 is 1.47 bits per heavy atom. The summed E-state index contributed by atoms with van der Waals surface area (Å²) in [6, 6.07) is 1.75. The van der Waals surface area contributed by atoms with Crippen molar-refractivity contribution < 1.29 is 4.79 Å². The Kier molecular flexibility index (Phi) is 4.88. The van der Waals surface area contributed by atoms with E-state index in [1.165, 1.54) is 32.1 Å². The molecule has 4 heteroatoms. The number of aromatic nitrogens is 1. The quantitative estimate of drug-likeness (QED) is 0.775. The lowest BCUT2D eigenvalue weighted by molar-refractivity contribution is 0.0943. The van der Waals surface area contributed by atoms with Crippen LogP contribution in [0.25, 0.3) is 0 Å². The fourth-order valence-corrected chi connectivity index (χ4v) is 2.97. The fraction of sp³-hybridized carbons (Fsp3) is 0.667. The molecule has 0 atom stereocenters. The first kappa shape index (κ1) is 14.0. The summed E-state index contributed by atoms with van der Waals surface area (Å²) in [4.78, 5) is 12.0. The van der Waals surface area contributed by atoms with Crippen molar-refractivity contribution in [3.05, 3.63) is 18.0 Å². The Morgan fingerprint density at radius 2 is 2.21 bits per heavy atom. The van der Waals surface area contributed by atoms with E-state index in [0.29, 0.717) is 11.4 Å². The largest absolute Gasteiger partial charge is 0.397 e. The summed E-state index contributed by atoms with van der Waals surface area (Å²) in [6.45, 7) is 3.54. The van der Waals surface area contributed by atoms with E-state index < -0.39 is 0 Å². The first-order valence-corrected chi connectivity index (χ1v) is 7.44. The van der Waals surface area contributed by atoms with Crippen LogP contribution in [0.15, 0.2) is 12.3 Å². The molecule has 0 saturated heterocycles. The zero-order valence-electron chi connectivity index (χ0n) is 11.8. The Balaban J connectivity index is 1.74. The minimum absolute atomic E-state index is 0.00929. The second-order valence-corrected chi connectivity index (χ2v) is 5.49. The van der Waals surface area contributed by atoms with Crippen molar-refractivity contribution in [1.82, 2.24) is 9.88 Å². The van der Waals surface area contributed by atoms with Gasteiger partial charge in [-0.15, -0.1) is 0 Å². The van der Waals surface area contributed by atoms with Crippen LogP contribution in [0.4, 0.5) is 5.69 Å². The molecule has 106 valence electrons. The third kappa shape index (κ3) is 3.75. The van der Waals surface area contributed by atoms with Crippen LogP contribution in [0.3, 0.4) is 0 Å². The highest BCUT2D eigenvalue weighted by Crippen LogP contribution is 2.28. The van der Waals surface area contributed by atoms with Gasteiger partial charge in [0, 0.05) is 19.3 Å². The molecule has 1 aliphatic carbocycles. The molecular weight excluding hydrogens is 238 g/mol. The Morgan fingerprint density at radius 3 is 2.89 bits per heavy atom. The number of nitrogens with zero attached hydrogens (tertiary/aromatic N) is 1. The van der Waals surface area contributed by atoms with Crippen molar-refractivity contribution in [2.75, 3.05) is 12.3 Å². The van der Waals surface area contributed by atoms with E-state index in [0.717, 1.165) is 25.4 Å². The molecule has 1 amide bonds. The third-order valence-corrected chi connectivity index (χ3v) is 4.04. The molecule has 1 aromatic heterocycles. The van der Waals surface area contributed by atoms with Gasteiger partial charge in [-0.2, -0.15) is 0 Å². The van der Waals surface area contributed by atoms with E-state index in [-0.39, 0.29) is 5.91 Å². The minimum Gasteiger partial charge on any atom is -0.397 e. The zero-order chi connectivity index (χ0) is 13.7. The number of anilines is 1. The van der Waals surface area contributed by atoms with Crippen molar-refractivity contribution >= 4 is 11.6 Å². The van der Waals surface area contributed by atoms with E-state index in [2.05, 4.69) is 5.32 Å². The highest BCUT2D eigenvalue weighted by molar-refractivity contribution is 5.93. The smallest absolute Gasteiger partial charge is 0.267 e. The van der Waals surface area contributed by atoms with E-state index in [1.54, 1.807) is 6.07 Å². The van der Waals surface area contributed by atoms with Gasteiger partial charge in [-0.25, -0.2) is 0 Å². The number of amides is 1. The predicted molar refractivity (Wildman–Crippen MR) is 78.0 cm³/mol. The second kappa shape index (κ2) is 6.64. The first-order valence-electron chi connectivity index (χ1n) is 7.44. The van der Waals surface area contributed by atoms with Crippen LogP contribution in [-0.2, 0) is 6.54 Å². The van der Waals surface area contributed by atoms with Crippen LogP contribution in [0.5, 0.6) is 0 Å². The van der Waals surface area contributed by atoms with Crippen molar-refractivity contribution in [3.63, 3.8) is 0 Å². The maximum absolute atomic E-state index is 12.0. The molecule has 19 heavy (non-hydrogen) atoms. The molecule has 0 aromatic carbocycles. The first-order chi connectivity index (χ1) is 9.20. The number of nitrogen functional groups attached to an aromatic ring is 1. The highest BCUT2D eigenvalue weighted by Gasteiger charge is 2.15. The fourth-order valence-electron chi connectivity index (χ4n) is 2.97. The third-order valence-electron chi connectivity index (χ3n) is 4.04. The monoisotopic (exact) mass is 263 g/mol. The molecule has 2 rings (SSSR count). The van der Waals surface area contributed by atoms with Gasteiger partial charge in [0.2, 0.25) is 0 Å². The maximum Gasteiger partial charge on any atom is 0.267 e. The predicted octanol–water partition coefficient (Wildman–Crippen LogP) is 2.79. The van der Waals surface area contributed by atoms with E-state index in [1.807, 2.05) is 17.7 Å². The number of carbonyl (C=O) groups is 1. The van der Waals surface area contributed by atoms with Gasteiger partial charge < -0.3 is 15.6 Å². The number of aryl methyl sites for hydroxylation is 1. The van der Waals surface area contributed by atoms with Crippen molar-refractivity contribution in [2.45, 2.75) is 52.0 Å². The van der Waals surface area contributed by atoms with Crippen LogP contribution >= 0.6 is 0 Å². The Labute approximate surface area is 115 Å². The van der Waals surface area contributed by atoms with E-state index in [9.17, 15) is 4.79 Å². The lowest BCUT2D eigenvalue weighted by Gasteiger charge is -2.10. The summed E-state index contributed by atoms with van der Waals surface area (Å²) >= 11 is 0. The van der Waals surface area contributed by atoms with Gasteiger partial charge in [-0.05, 0) is 31.7 Å². The average molecular weight is 263 g/mol. The van der Waals surface area contributed by atoms with Crippen LogP contribution in [0.1, 0.15) is 55.9 Å². The molecule has 1 aromatic rings. The van der Waals surface area contributed by atoms with Crippen LogP contribution in [0.2, 0.25) is 0 Å². The molecule has 3 N–H and O–H groups in total. The van der Waals surface area contributed by atoms with E-state index >= 15 is 0 Å². The van der Waals surface area contributed by atoms with Crippen LogP contribution in [0, 0.1) is 5.92 Å². The average Bonchev–Trinajstić information content (AvgIpc) is 3.03. The lowest BCUT2D eigenvalue weighted by Crippen LogP contribution is -2.26. The SMILES string of the molecule is CCn1cc(N)cc1C(=O)NCCCC1CCCC1. The topological polar surface area (TPSA) is 60.0 Å². The Bertz CT molecular complexity index is 419. The molecule has 0 spiro atoms. The van der Waals surface area contributed by atoms with Gasteiger partial charge in [0.1, 0.15) is 5.69 Å². The molecule has 1 heterocycles. The molecule has 1 saturated carbocycles.